The zero-order chi connectivity index (χ0) is 13.5. The molecule has 0 spiro atoms. The third-order valence-corrected chi connectivity index (χ3v) is 2.78. The lowest BCUT2D eigenvalue weighted by molar-refractivity contribution is 0.0745. The summed E-state index contributed by atoms with van der Waals surface area (Å²) in [5.74, 6) is 0.0167. The molecule has 0 saturated heterocycles. The summed E-state index contributed by atoms with van der Waals surface area (Å²) >= 11 is 5.81. The van der Waals surface area contributed by atoms with Gasteiger partial charge in [-0.2, -0.15) is 0 Å². The summed E-state index contributed by atoms with van der Waals surface area (Å²) in [7, 11) is 4.00. The highest BCUT2D eigenvalue weighted by molar-refractivity contribution is 6.29. The van der Waals surface area contributed by atoms with Crippen LogP contribution in [0, 0.1) is 0 Å². The number of halogens is 1. The monoisotopic (exact) mass is 269 g/mol. The Labute approximate surface area is 114 Å². The first-order valence-corrected chi connectivity index (χ1v) is 6.48. The number of aromatic nitrogens is 1. The third kappa shape index (κ3) is 4.63. The van der Waals surface area contributed by atoms with Crippen LogP contribution >= 0.6 is 11.6 Å². The Kier molecular flexibility index (Phi) is 6.09. The molecule has 1 heterocycles. The molecule has 0 aromatic carbocycles. The predicted octanol–water partition coefficient (Wildman–Crippen LogP) is 2.15. The summed E-state index contributed by atoms with van der Waals surface area (Å²) in [4.78, 5) is 20.1. The Balaban J connectivity index is 2.75. The van der Waals surface area contributed by atoms with Gasteiger partial charge in [0, 0.05) is 31.4 Å². The van der Waals surface area contributed by atoms with Gasteiger partial charge >= 0.3 is 0 Å². The van der Waals surface area contributed by atoms with E-state index < -0.39 is 0 Å². The minimum Gasteiger partial charge on any atom is -0.337 e. The Hall–Kier alpha value is -1.13. The predicted molar refractivity (Wildman–Crippen MR) is 74.0 cm³/mol. The molecule has 1 aromatic rings. The number of hydrogen-bond donors (Lipinski definition) is 0. The van der Waals surface area contributed by atoms with Crippen molar-refractivity contribution >= 4 is 17.5 Å². The second kappa shape index (κ2) is 7.34. The first-order chi connectivity index (χ1) is 8.54. The fraction of sp³-hybridized carbons (Fsp3) is 0.538. The number of rotatable bonds is 6. The Morgan fingerprint density at radius 2 is 2.06 bits per heavy atom. The Morgan fingerprint density at radius 1 is 1.33 bits per heavy atom. The molecule has 5 heteroatoms. The van der Waals surface area contributed by atoms with Gasteiger partial charge in [0.2, 0.25) is 0 Å². The molecule has 0 fully saturated rings. The lowest BCUT2D eigenvalue weighted by Crippen LogP contribution is -2.37. The number of carbonyl (C=O) groups is 1. The van der Waals surface area contributed by atoms with Crippen molar-refractivity contribution in [3.8, 4) is 0 Å². The molecular weight excluding hydrogens is 250 g/mol. The topological polar surface area (TPSA) is 36.4 Å². The maximum atomic E-state index is 12.3. The van der Waals surface area contributed by atoms with E-state index >= 15 is 0 Å². The van der Waals surface area contributed by atoms with Gasteiger partial charge in [-0.3, -0.25) is 4.79 Å². The molecule has 0 aliphatic carbocycles. The van der Waals surface area contributed by atoms with Crippen LogP contribution in [-0.4, -0.2) is 54.4 Å². The van der Waals surface area contributed by atoms with Crippen molar-refractivity contribution in [3.05, 3.63) is 29.0 Å². The highest BCUT2D eigenvalue weighted by Gasteiger charge is 2.15. The molecule has 0 aliphatic heterocycles. The zero-order valence-electron chi connectivity index (χ0n) is 11.2. The number of hydrogen-bond acceptors (Lipinski definition) is 3. The minimum atomic E-state index is 0.0167. The summed E-state index contributed by atoms with van der Waals surface area (Å²) in [6.45, 7) is 4.40. The second-order valence-corrected chi connectivity index (χ2v) is 4.85. The SMILES string of the molecule is CCCN(CCN(C)C)C(=O)c1ccnc(Cl)c1. The largest absolute Gasteiger partial charge is 0.337 e. The van der Waals surface area contributed by atoms with Crippen LogP contribution in [0.4, 0.5) is 0 Å². The Morgan fingerprint density at radius 3 is 2.61 bits per heavy atom. The van der Waals surface area contributed by atoms with E-state index in [9.17, 15) is 4.79 Å². The highest BCUT2D eigenvalue weighted by Crippen LogP contribution is 2.10. The van der Waals surface area contributed by atoms with E-state index in [2.05, 4.69) is 16.8 Å². The van der Waals surface area contributed by atoms with Gasteiger partial charge in [0.15, 0.2) is 0 Å². The fourth-order valence-electron chi connectivity index (χ4n) is 1.62. The molecule has 0 saturated carbocycles. The van der Waals surface area contributed by atoms with E-state index in [4.69, 9.17) is 11.6 Å². The molecule has 1 amide bonds. The molecule has 1 aromatic heterocycles. The normalized spacial score (nSPS) is 10.7. The van der Waals surface area contributed by atoms with Crippen molar-refractivity contribution < 1.29 is 4.79 Å². The standard InChI is InChI=1S/C13H20ClN3O/c1-4-7-17(9-8-16(2)3)13(18)11-5-6-15-12(14)10-11/h5-6,10H,4,7-9H2,1-3H3. The van der Waals surface area contributed by atoms with E-state index in [-0.39, 0.29) is 5.91 Å². The molecule has 100 valence electrons. The van der Waals surface area contributed by atoms with Gasteiger partial charge in [0.1, 0.15) is 5.15 Å². The summed E-state index contributed by atoms with van der Waals surface area (Å²) in [6.07, 6.45) is 2.50. The zero-order valence-corrected chi connectivity index (χ0v) is 11.9. The number of amides is 1. The van der Waals surface area contributed by atoms with E-state index in [0.29, 0.717) is 10.7 Å². The van der Waals surface area contributed by atoms with Crippen molar-refractivity contribution in [1.29, 1.82) is 0 Å². The van der Waals surface area contributed by atoms with Crippen LogP contribution < -0.4 is 0 Å². The molecule has 0 unspecified atom stereocenters. The molecule has 1 rings (SSSR count). The molecule has 0 radical (unpaired) electrons. The van der Waals surface area contributed by atoms with Crippen molar-refractivity contribution in [2.75, 3.05) is 33.7 Å². The van der Waals surface area contributed by atoms with Crippen LogP contribution in [0.5, 0.6) is 0 Å². The van der Waals surface area contributed by atoms with Gasteiger partial charge in [0.05, 0.1) is 0 Å². The number of carbonyl (C=O) groups excluding carboxylic acids is 1. The van der Waals surface area contributed by atoms with Crippen LogP contribution in [-0.2, 0) is 0 Å². The quantitative estimate of drug-likeness (QED) is 0.743. The molecule has 0 atom stereocenters. The maximum absolute atomic E-state index is 12.3. The van der Waals surface area contributed by atoms with Crippen molar-refractivity contribution in [2.45, 2.75) is 13.3 Å². The molecular formula is C13H20ClN3O. The smallest absolute Gasteiger partial charge is 0.254 e. The van der Waals surface area contributed by atoms with Gasteiger partial charge in [-0.1, -0.05) is 18.5 Å². The molecule has 4 nitrogen and oxygen atoms in total. The van der Waals surface area contributed by atoms with Crippen LogP contribution in [0.2, 0.25) is 5.15 Å². The fourth-order valence-corrected chi connectivity index (χ4v) is 1.80. The van der Waals surface area contributed by atoms with E-state index in [1.165, 1.54) is 0 Å². The van der Waals surface area contributed by atoms with Crippen LogP contribution in [0.1, 0.15) is 23.7 Å². The summed E-state index contributed by atoms with van der Waals surface area (Å²) in [6, 6.07) is 3.31. The summed E-state index contributed by atoms with van der Waals surface area (Å²) in [5, 5.41) is 0.352. The molecule has 18 heavy (non-hydrogen) atoms. The van der Waals surface area contributed by atoms with Crippen molar-refractivity contribution in [1.82, 2.24) is 14.8 Å². The second-order valence-electron chi connectivity index (χ2n) is 4.46. The summed E-state index contributed by atoms with van der Waals surface area (Å²) in [5.41, 5.74) is 0.599. The average Bonchev–Trinajstić information content (AvgIpc) is 2.33. The molecule has 0 bridgehead atoms. The molecule has 0 aliphatic rings. The van der Waals surface area contributed by atoms with Crippen LogP contribution in [0.15, 0.2) is 18.3 Å². The average molecular weight is 270 g/mol. The maximum Gasteiger partial charge on any atom is 0.254 e. The van der Waals surface area contributed by atoms with Gasteiger partial charge in [0.25, 0.3) is 5.91 Å². The number of likely N-dealkylation sites (N-methyl/N-ethyl adjacent to an activating group) is 1. The summed E-state index contributed by atoms with van der Waals surface area (Å²) < 4.78 is 0. The van der Waals surface area contributed by atoms with Crippen molar-refractivity contribution in [2.24, 2.45) is 0 Å². The lowest BCUT2D eigenvalue weighted by Gasteiger charge is -2.24. The van der Waals surface area contributed by atoms with E-state index in [0.717, 1.165) is 26.1 Å². The van der Waals surface area contributed by atoms with Crippen LogP contribution in [0.25, 0.3) is 0 Å². The van der Waals surface area contributed by atoms with E-state index in [1.807, 2.05) is 19.0 Å². The Bertz CT molecular complexity index is 396. The number of pyridine rings is 1. The van der Waals surface area contributed by atoms with Gasteiger partial charge in [-0.15, -0.1) is 0 Å². The first kappa shape index (κ1) is 14.9. The molecule has 0 N–H and O–H groups in total. The minimum absolute atomic E-state index is 0.0167. The number of nitrogens with zero attached hydrogens (tertiary/aromatic N) is 3. The first-order valence-electron chi connectivity index (χ1n) is 6.10. The van der Waals surface area contributed by atoms with Gasteiger partial charge in [-0.25, -0.2) is 4.98 Å². The van der Waals surface area contributed by atoms with Crippen LogP contribution in [0.3, 0.4) is 0 Å². The van der Waals surface area contributed by atoms with E-state index in [1.54, 1.807) is 18.3 Å². The van der Waals surface area contributed by atoms with Gasteiger partial charge in [-0.05, 0) is 32.6 Å². The van der Waals surface area contributed by atoms with Gasteiger partial charge < -0.3 is 9.80 Å². The highest BCUT2D eigenvalue weighted by atomic mass is 35.5. The third-order valence-electron chi connectivity index (χ3n) is 2.57. The lowest BCUT2D eigenvalue weighted by atomic mass is 10.2. The van der Waals surface area contributed by atoms with Crippen molar-refractivity contribution in [3.63, 3.8) is 0 Å².